The average Bonchev–Trinajstić information content (AvgIpc) is 3.17. The summed E-state index contributed by atoms with van der Waals surface area (Å²) in [5.41, 5.74) is 0.879. The zero-order valence-electron chi connectivity index (χ0n) is 16.0. The van der Waals surface area contributed by atoms with E-state index in [9.17, 15) is 25.0 Å². The maximum atomic E-state index is 12.9. The SMILES string of the molecule is COc1ccc(C)cc1NC(=O)C1CCCN1c1ccc([N+](=O)[O-])cc1[N+](=O)[O-]. The molecular weight excluding hydrogens is 380 g/mol. The van der Waals surface area contributed by atoms with E-state index >= 15 is 0 Å². The summed E-state index contributed by atoms with van der Waals surface area (Å²) in [6.07, 6.45) is 1.17. The fourth-order valence-electron chi connectivity index (χ4n) is 3.48. The molecule has 10 nitrogen and oxygen atoms in total. The summed E-state index contributed by atoms with van der Waals surface area (Å²) >= 11 is 0. The Hall–Kier alpha value is -3.69. The van der Waals surface area contributed by atoms with Gasteiger partial charge in [-0.2, -0.15) is 0 Å². The number of methoxy groups -OCH3 is 1. The summed E-state index contributed by atoms with van der Waals surface area (Å²) in [4.78, 5) is 35.7. The van der Waals surface area contributed by atoms with Crippen molar-refractivity contribution in [3.63, 3.8) is 0 Å². The molecule has 1 aliphatic rings. The van der Waals surface area contributed by atoms with E-state index in [0.717, 1.165) is 11.6 Å². The minimum absolute atomic E-state index is 0.189. The number of anilines is 2. The highest BCUT2D eigenvalue weighted by atomic mass is 16.6. The predicted molar refractivity (Wildman–Crippen MR) is 106 cm³/mol. The van der Waals surface area contributed by atoms with Crippen molar-refractivity contribution in [3.8, 4) is 5.75 Å². The third-order valence-corrected chi connectivity index (χ3v) is 4.84. The van der Waals surface area contributed by atoms with E-state index in [1.165, 1.54) is 19.2 Å². The van der Waals surface area contributed by atoms with E-state index in [2.05, 4.69) is 5.32 Å². The molecule has 1 unspecified atom stereocenters. The van der Waals surface area contributed by atoms with Gasteiger partial charge in [-0.15, -0.1) is 0 Å². The van der Waals surface area contributed by atoms with Crippen LogP contribution < -0.4 is 15.0 Å². The number of hydrogen-bond donors (Lipinski definition) is 1. The van der Waals surface area contributed by atoms with Gasteiger partial charge in [0.15, 0.2) is 0 Å². The molecule has 1 heterocycles. The third-order valence-electron chi connectivity index (χ3n) is 4.84. The zero-order chi connectivity index (χ0) is 21.1. The Kier molecular flexibility index (Phi) is 5.62. The van der Waals surface area contributed by atoms with Crippen LogP contribution in [0.1, 0.15) is 18.4 Å². The highest BCUT2D eigenvalue weighted by molar-refractivity contribution is 5.98. The summed E-state index contributed by atoms with van der Waals surface area (Å²) in [7, 11) is 1.50. The molecule has 0 saturated carbocycles. The predicted octanol–water partition coefficient (Wildman–Crippen LogP) is 3.43. The molecule has 1 aliphatic heterocycles. The number of aryl methyl sites for hydroxylation is 1. The number of non-ortho nitro benzene ring substituents is 1. The monoisotopic (exact) mass is 400 g/mol. The van der Waals surface area contributed by atoms with Gasteiger partial charge in [0.1, 0.15) is 17.5 Å². The van der Waals surface area contributed by atoms with Crippen LogP contribution >= 0.6 is 0 Å². The lowest BCUT2D eigenvalue weighted by Crippen LogP contribution is -2.40. The molecule has 0 bridgehead atoms. The number of amides is 1. The van der Waals surface area contributed by atoms with E-state index in [1.807, 2.05) is 13.0 Å². The number of nitro groups is 2. The number of carbonyl (C=O) groups excluding carboxylic acids is 1. The third kappa shape index (κ3) is 4.10. The second-order valence-corrected chi connectivity index (χ2v) is 6.73. The summed E-state index contributed by atoms with van der Waals surface area (Å²) in [6, 6.07) is 8.21. The molecule has 2 aromatic carbocycles. The Morgan fingerprint density at radius 1 is 1.17 bits per heavy atom. The van der Waals surface area contributed by atoms with Gasteiger partial charge in [0.2, 0.25) is 5.91 Å². The molecule has 1 saturated heterocycles. The standard InChI is InChI=1S/C19H20N4O6/c1-12-5-8-18(29-2)14(10-12)20-19(24)16-4-3-9-21(16)15-7-6-13(22(25)26)11-17(15)23(27)28/h5-8,10-11,16H,3-4,9H2,1-2H3,(H,20,24). The molecule has 1 fully saturated rings. The number of benzene rings is 2. The van der Waals surface area contributed by atoms with Crippen LogP contribution in [0, 0.1) is 27.2 Å². The molecule has 2 aromatic rings. The van der Waals surface area contributed by atoms with Gasteiger partial charge in [0, 0.05) is 12.6 Å². The first-order valence-corrected chi connectivity index (χ1v) is 8.97. The number of rotatable bonds is 6. The minimum atomic E-state index is -0.686. The maximum absolute atomic E-state index is 12.9. The second kappa shape index (κ2) is 8.13. The minimum Gasteiger partial charge on any atom is -0.495 e. The van der Waals surface area contributed by atoms with Crippen molar-refractivity contribution in [1.82, 2.24) is 0 Å². The Bertz CT molecular complexity index is 977. The number of carbonyl (C=O) groups is 1. The van der Waals surface area contributed by atoms with Gasteiger partial charge in [0.05, 0.1) is 28.7 Å². The van der Waals surface area contributed by atoms with Gasteiger partial charge >= 0.3 is 0 Å². The van der Waals surface area contributed by atoms with Crippen LogP contribution in [0.2, 0.25) is 0 Å². The van der Waals surface area contributed by atoms with E-state index in [4.69, 9.17) is 4.74 Å². The molecule has 1 N–H and O–H groups in total. The first kappa shape index (κ1) is 20.1. The van der Waals surface area contributed by atoms with Crippen molar-refractivity contribution in [2.75, 3.05) is 23.9 Å². The van der Waals surface area contributed by atoms with E-state index in [-0.39, 0.29) is 17.3 Å². The van der Waals surface area contributed by atoms with Gasteiger partial charge in [-0.3, -0.25) is 25.0 Å². The largest absolute Gasteiger partial charge is 0.495 e. The average molecular weight is 400 g/mol. The van der Waals surface area contributed by atoms with Gasteiger partial charge in [-0.05, 0) is 43.5 Å². The van der Waals surface area contributed by atoms with Gasteiger partial charge in [0.25, 0.3) is 11.4 Å². The van der Waals surface area contributed by atoms with Crippen molar-refractivity contribution >= 4 is 28.7 Å². The molecule has 29 heavy (non-hydrogen) atoms. The van der Waals surface area contributed by atoms with Gasteiger partial charge in [-0.25, -0.2) is 0 Å². The molecular formula is C19H20N4O6. The summed E-state index contributed by atoms with van der Waals surface area (Å²) < 4.78 is 5.28. The molecule has 0 aromatic heterocycles. The lowest BCUT2D eigenvalue weighted by molar-refractivity contribution is -0.393. The van der Waals surface area contributed by atoms with E-state index in [1.54, 1.807) is 17.0 Å². The number of hydrogen-bond acceptors (Lipinski definition) is 7. The normalized spacial score (nSPS) is 15.8. The maximum Gasteiger partial charge on any atom is 0.299 e. The molecule has 152 valence electrons. The Morgan fingerprint density at radius 3 is 2.59 bits per heavy atom. The highest BCUT2D eigenvalue weighted by Crippen LogP contribution is 2.36. The Morgan fingerprint density at radius 2 is 1.93 bits per heavy atom. The fraction of sp³-hybridized carbons (Fsp3) is 0.316. The number of nitrogens with one attached hydrogen (secondary N) is 1. The van der Waals surface area contributed by atoms with Crippen LogP contribution in [0.25, 0.3) is 0 Å². The summed E-state index contributed by atoms with van der Waals surface area (Å²) in [6.45, 7) is 2.32. The van der Waals surface area contributed by atoms with Crippen LogP contribution in [0.3, 0.4) is 0 Å². The molecule has 0 radical (unpaired) electrons. The van der Waals surface area contributed by atoms with E-state index < -0.39 is 21.6 Å². The van der Waals surface area contributed by atoms with Crippen molar-refractivity contribution in [1.29, 1.82) is 0 Å². The molecule has 1 amide bonds. The Labute approximate surface area is 166 Å². The smallest absolute Gasteiger partial charge is 0.299 e. The topological polar surface area (TPSA) is 128 Å². The quantitative estimate of drug-likeness (QED) is 0.581. The zero-order valence-corrected chi connectivity index (χ0v) is 16.0. The van der Waals surface area contributed by atoms with Crippen LogP contribution in [-0.4, -0.2) is 35.5 Å². The van der Waals surface area contributed by atoms with Crippen LogP contribution in [-0.2, 0) is 4.79 Å². The molecule has 0 aliphatic carbocycles. The number of nitro benzene ring substituents is 2. The van der Waals surface area contributed by atoms with Crippen molar-refractivity contribution in [3.05, 3.63) is 62.2 Å². The van der Waals surface area contributed by atoms with Gasteiger partial charge < -0.3 is 15.0 Å². The lowest BCUT2D eigenvalue weighted by Gasteiger charge is -2.26. The second-order valence-electron chi connectivity index (χ2n) is 6.73. The van der Waals surface area contributed by atoms with Crippen LogP contribution in [0.15, 0.2) is 36.4 Å². The number of nitrogens with zero attached hydrogens (tertiary/aromatic N) is 3. The Balaban J connectivity index is 1.91. The summed E-state index contributed by atoms with van der Waals surface area (Å²) in [5.74, 6) is 0.189. The number of ether oxygens (including phenoxy) is 1. The van der Waals surface area contributed by atoms with Crippen molar-refractivity contribution in [2.24, 2.45) is 0 Å². The summed E-state index contributed by atoms with van der Waals surface area (Å²) in [5, 5.41) is 25.3. The molecule has 3 rings (SSSR count). The first-order chi connectivity index (χ1) is 13.8. The molecule has 1 atom stereocenters. The van der Waals surface area contributed by atoms with E-state index in [0.29, 0.717) is 30.8 Å². The lowest BCUT2D eigenvalue weighted by atomic mass is 10.1. The van der Waals surface area contributed by atoms with Gasteiger partial charge in [-0.1, -0.05) is 6.07 Å². The first-order valence-electron chi connectivity index (χ1n) is 8.97. The van der Waals surface area contributed by atoms with Crippen molar-refractivity contribution in [2.45, 2.75) is 25.8 Å². The van der Waals surface area contributed by atoms with Crippen LogP contribution in [0.5, 0.6) is 5.75 Å². The molecule has 10 heteroatoms. The molecule has 0 spiro atoms. The highest BCUT2D eigenvalue weighted by Gasteiger charge is 2.35. The van der Waals surface area contributed by atoms with Crippen LogP contribution in [0.4, 0.5) is 22.7 Å². The fourth-order valence-corrected chi connectivity index (χ4v) is 3.48. The van der Waals surface area contributed by atoms with Crippen molar-refractivity contribution < 1.29 is 19.4 Å².